The van der Waals surface area contributed by atoms with Crippen molar-refractivity contribution >= 4 is 5.69 Å². The van der Waals surface area contributed by atoms with Crippen LogP contribution in [0.2, 0.25) is 0 Å². The minimum absolute atomic E-state index is 0.212. The van der Waals surface area contributed by atoms with Gasteiger partial charge in [0, 0.05) is 25.2 Å². The molecule has 1 aromatic carbocycles. The van der Waals surface area contributed by atoms with Crippen LogP contribution in [0.5, 0.6) is 0 Å². The lowest BCUT2D eigenvalue weighted by molar-refractivity contribution is 0.0229. The molecule has 3 heteroatoms. The number of aliphatic hydroxyl groups excluding tert-OH is 1. The second-order valence-corrected chi connectivity index (χ2v) is 7.56. The first-order chi connectivity index (χ1) is 9.77. The minimum atomic E-state index is -0.236. The maximum absolute atomic E-state index is 13.3. The molecule has 1 aromatic rings. The van der Waals surface area contributed by atoms with Crippen LogP contribution in [0.25, 0.3) is 0 Å². The standard InChI is InChI=1S/C18H28FNO/c1-18(2,3)14-8-9-17(21)13(10-14)12-20(4)16-7-5-6-15(19)11-16/h5-7,11,13-14,17,21H,8-10,12H2,1-4H3. The molecule has 0 spiro atoms. The normalized spacial score (nSPS) is 26.7. The zero-order valence-corrected chi connectivity index (χ0v) is 13.6. The molecule has 0 aromatic heterocycles. The lowest BCUT2D eigenvalue weighted by Crippen LogP contribution is -2.40. The number of hydrogen-bond acceptors (Lipinski definition) is 2. The van der Waals surface area contributed by atoms with Gasteiger partial charge < -0.3 is 10.0 Å². The van der Waals surface area contributed by atoms with E-state index < -0.39 is 0 Å². The molecule has 1 fully saturated rings. The number of nitrogens with zero attached hydrogens (tertiary/aromatic N) is 1. The van der Waals surface area contributed by atoms with Crippen LogP contribution >= 0.6 is 0 Å². The van der Waals surface area contributed by atoms with Crippen LogP contribution < -0.4 is 4.90 Å². The van der Waals surface area contributed by atoms with Gasteiger partial charge in [-0.1, -0.05) is 26.8 Å². The first-order valence-electron chi connectivity index (χ1n) is 7.92. The van der Waals surface area contributed by atoms with Crippen LogP contribution in [0.15, 0.2) is 24.3 Å². The molecule has 0 radical (unpaired) electrons. The average Bonchev–Trinajstić information content (AvgIpc) is 2.40. The molecule has 1 aliphatic rings. The van der Waals surface area contributed by atoms with Gasteiger partial charge in [0.25, 0.3) is 0 Å². The van der Waals surface area contributed by atoms with E-state index in [2.05, 4.69) is 25.7 Å². The molecule has 0 bridgehead atoms. The molecule has 1 N–H and O–H groups in total. The van der Waals surface area contributed by atoms with Crippen molar-refractivity contribution in [3.63, 3.8) is 0 Å². The maximum atomic E-state index is 13.3. The van der Waals surface area contributed by atoms with Gasteiger partial charge in [-0.2, -0.15) is 0 Å². The fourth-order valence-electron chi connectivity index (χ4n) is 3.40. The van der Waals surface area contributed by atoms with Gasteiger partial charge in [-0.25, -0.2) is 4.39 Å². The highest BCUT2D eigenvalue weighted by atomic mass is 19.1. The fourth-order valence-corrected chi connectivity index (χ4v) is 3.40. The van der Waals surface area contributed by atoms with E-state index in [-0.39, 0.29) is 23.3 Å². The van der Waals surface area contributed by atoms with Crippen LogP contribution in [0, 0.1) is 23.1 Å². The summed E-state index contributed by atoms with van der Waals surface area (Å²) >= 11 is 0. The Balaban J connectivity index is 2.03. The van der Waals surface area contributed by atoms with Gasteiger partial charge in [0.1, 0.15) is 5.82 Å². The maximum Gasteiger partial charge on any atom is 0.125 e. The lowest BCUT2D eigenvalue weighted by atomic mass is 9.68. The molecule has 0 heterocycles. The Hall–Kier alpha value is -1.09. The minimum Gasteiger partial charge on any atom is -0.393 e. The third kappa shape index (κ3) is 4.19. The summed E-state index contributed by atoms with van der Waals surface area (Å²) in [5.74, 6) is 0.694. The van der Waals surface area contributed by atoms with Gasteiger partial charge in [-0.15, -0.1) is 0 Å². The summed E-state index contributed by atoms with van der Waals surface area (Å²) in [6.45, 7) is 7.62. The summed E-state index contributed by atoms with van der Waals surface area (Å²) in [5.41, 5.74) is 1.16. The van der Waals surface area contributed by atoms with Crippen molar-refractivity contribution in [2.75, 3.05) is 18.5 Å². The van der Waals surface area contributed by atoms with Crippen molar-refractivity contribution < 1.29 is 9.50 Å². The second kappa shape index (κ2) is 6.35. The summed E-state index contributed by atoms with van der Waals surface area (Å²) in [5, 5.41) is 10.3. The van der Waals surface area contributed by atoms with Gasteiger partial charge in [0.15, 0.2) is 0 Å². The van der Waals surface area contributed by atoms with Gasteiger partial charge in [0.05, 0.1) is 6.10 Å². The van der Waals surface area contributed by atoms with Crippen LogP contribution in [0.1, 0.15) is 40.0 Å². The van der Waals surface area contributed by atoms with E-state index in [9.17, 15) is 9.50 Å². The van der Waals surface area contributed by atoms with E-state index in [1.807, 2.05) is 13.1 Å². The van der Waals surface area contributed by atoms with E-state index in [4.69, 9.17) is 0 Å². The van der Waals surface area contributed by atoms with Gasteiger partial charge >= 0.3 is 0 Å². The molecular weight excluding hydrogens is 265 g/mol. The molecular formula is C18H28FNO. The zero-order valence-electron chi connectivity index (χ0n) is 13.6. The van der Waals surface area contributed by atoms with Crippen molar-refractivity contribution in [1.82, 2.24) is 0 Å². The van der Waals surface area contributed by atoms with Crippen molar-refractivity contribution in [2.24, 2.45) is 17.3 Å². The van der Waals surface area contributed by atoms with Gasteiger partial charge in [0.2, 0.25) is 0 Å². The van der Waals surface area contributed by atoms with Crippen LogP contribution in [0.3, 0.4) is 0 Å². The average molecular weight is 293 g/mol. The first kappa shape index (κ1) is 16.3. The lowest BCUT2D eigenvalue weighted by Gasteiger charge is -2.41. The molecule has 3 atom stereocenters. The Morgan fingerprint density at radius 3 is 2.62 bits per heavy atom. The number of halogens is 1. The third-order valence-electron chi connectivity index (χ3n) is 4.92. The van der Waals surface area contributed by atoms with Crippen LogP contribution in [-0.2, 0) is 0 Å². The molecule has 21 heavy (non-hydrogen) atoms. The molecule has 3 unspecified atom stereocenters. The van der Waals surface area contributed by atoms with E-state index in [0.717, 1.165) is 31.5 Å². The summed E-state index contributed by atoms with van der Waals surface area (Å²) < 4.78 is 13.3. The van der Waals surface area contributed by atoms with Crippen LogP contribution in [-0.4, -0.2) is 24.8 Å². The smallest absolute Gasteiger partial charge is 0.125 e. The Labute approximate surface area is 128 Å². The third-order valence-corrected chi connectivity index (χ3v) is 4.92. The zero-order chi connectivity index (χ0) is 15.6. The fraction of sp³-hybridized carbons (Fsp3) is 0.667. The summed E-state index contributed by atoms with van der Waals surface area (Å²) in [7, 11) is 1.97. The monoisotopic (exact) mass is 293 g/mol. The molecule has 1 aliphatic carbocycles. The second-order valence-electron chi connectivity index (χ2n) is 7.56. The highest BCUT2D eigenvalue weighted by Gasteiger charge is 2.35. The van der Waals surface area contributed by atoms with E-state index >= 15 is 0 Å². The highest BCUT2D eigenvalue weighted by molar-refractivity contribution is 5.45. The van der Waals surface area contributed by atoms with Crippen molar-refractivity contribution in [2.45, 2.75) is 46.1 Å². The molecule has 2 nitrogen and oxygen atoms in total. The number of aliphatic hydroxyl groups is 1. The van der Waals surface area contributed by atoms with E-state index in [1.54, 1.807) is 12.1 Å². The summed E-state index contributed by atoms with van der Waals surface area (Å²) in [6.07, 6.45) is 2.79. The molecule has 0 saturated heterocycles. The Bertz CT molecular complexity index is 469. The molecule has 1 saturated carbocycles. The molecule has 118 valence electrons. The summed E-state index contributed by atoms with van der Waals surface area (Å²) in [4.78, 5) is 2.06. The predicted octanol–water partition coefficient (Wildman–Crippen LogP) is 4.09. The van der Waals surface area contributed by atoms with E-state index in [1.165, 1.54) is 6.07 Å². The predicted molar refractivity (Wildman–Crippen MR) is 86.0 cm³/mol. The topological polar surface area (TPSA) is 23.5 Å². The Morgan fingerprint density at radius 2 is 2.00 bits per heavy atom. The molecule has 0 aliphatic heterocycles. The Morgan fingerprint density at radius 1 is 1.29 bits per heavy atom. The van der Waals surface area contributed by atoms with Crippen molar-refractivity contribution in [3.8, 4) is 0 Å². The van der Waals surface area contributed by atoms with Crippen LogP contribution in [0.4, 0.5) is 10.1 Å². The number of anilines is 1. The SMILES string of the molecule is CN(CC1CC(C(C)(C)C)CCC1O)c1cccc(F)c1. The number of rotatable bonds is 3. The van der Waals surface area contributed by atoms with E-state index in [0.29, 0.717) is 5.92 Å². The van der Waals surface area contributed by atoms with Gasteiger partial charge in [-0.05, 0) is 48.8 Å². The highest BCUT2D eigenvalue weighted by Crippen LogP contribution is 2.40. The molecule has 0 amide bonds. The van der Waals surface area contributed by atoms with Crippen molar-refractivity contribution in [1.29, 1.82) is 0 Å². The van der Waals surface area contributed by atoms with Gasteiger partial charge in [-0.3, -0.25) is 0 Å². The largest absolute Gasteiger partial charge is 0.393 e. The first-order valence-corrected chi connectivity index (χ1v) is 7.92. The summed E-state index contributed by atoms with van der Waals surface area (Å²) in [6, 6.07) is 6.66. The van der Waals surface area contributed by atoms with Crippen molar-refractivity contribution in [3.05, 3.63) is 30.1 Å². The number of hydrogen-bond donors (Lipinski definition) is 1. The number of benzene rings is 1. The molecule has 2 rings (SSSR count). The Kier molecular flexibility index (Phi) is 4.92. The quantitative estimate of drug-likeness (QED) is 0.907.